The van der Waals surface area contributed by atoms with Crippen LogP contribution in [0, 0.1) is 0 Å². The van der Waals surface area contributed by atoms with Crippen LogP contribution in [-0.2, 0) is 0 Å². The Balaban J connectivity index is 2.69. The predicted octanol–water partition coefficient (Wildman–Crippen LogP) is 1.91. The molecule has 0 bridgehead atoms. The molecule has 0 atom stereocenters. The number of carbonyl (C=O) groups excluding carboxylic acids is 1. The van der Waals surface area contributed by atoms with Gasteiger partial charge in [0.25, 0.3) is 0 Å². The minimum Gasteiger partial charge on any atom is -0.313 e. The lowest BCUT2D eigenvalue weighted by Crippen LogP contribution is -2.17. The average Bonchev–Trinajstić information content (AvgIpc) is 2.36. The highest BCUT2D eigenvalue weighted by atomic mass is 79.9. The molecule has 1 heterocycles. The van der Waals surface area contributed by atoms with Gasteiger partial charge >= 0.3 is 0 Å². The van der Waals surface area contributed by atoms with Crippen LogP contribution < -0.4 is 5.32 Å². The number of carbonyl (C=O) groups is 1. The third-order valence-corrected chi connectivity index (χ3v) is 2.85. The molecule has 1 aromatic heterocycles. The van der Waals surface area contributed by atoms with Gasteiger partial charge < -0.3 is 5.32 Å². The molecular formula is C7H8BrNOS. The van der Waals surface area contributed by atoms with E-state index in [1.807, 2.05) is 12.1 Å². The van der Waals surface area contributed by atoms with Crippen molar-refractivity contribution in [2.45, 2.75) is 0 Å². The molecule has 0 aliphatic heterocycles. The Morgan fingerprint density at radius 2 is 2.45 bits per heavy atom. The summed E-state index contributed by atoms with van der Waals surface area (Å²) in [5, 5.41) is 2.82. The van der Waals surface area contributed by atoms with Gasteiger partial charge in [-0.05, 0) is 35.1 Å². The summed E-state index contributed by atoms with van der Waals surface area (Å²) in [5.74, 6) is 0.142. The molecule has 1 N–H and O–H groups in total. The number of thiophene rings is 1. The van der Waals surface area contributed by atoms with Gasteiger partial charge in [-0.1, -0.05) is 0 Å². The van der Waals surface area contributed by atoms with Crippen LogP contribution >= 0.6 is 27.3 Å². The smallest absolute Gasteiger partial charge is 0.186 e. The fraction of sp³-hybridized carbons (Fsp3) is 0.286. The van der Waals surface area contributed by atoms with Crippen LogP contribution in [0.4, 0.5) is 0 Å². The van der Waals surface area contributed by atoms with Gasteiger partial charge in [0.15, 0.2) is 5.78 Å². The van der Waals surface area contributed by atoms with Crippen molar-refractivity contribution in [2.24, 2.45) is 0 Å². The first-order valence-corrected chi connectivity index (χ1v) is 4.78. The predicted molar refractivity (Wildman–Crippen MR) is 50.3 cm³/mol. The van der Waals surface area contributed by atoms with E-state index in [2.05, 4.69) is 21.2 Å². The molecule has 4 heteroatoms. The third-order valence-electron chi connectivity index (χ3n) is 1.19. The van der Waals surface area contributed by atoms with Gasteiger partial charge in [0.05, 0.1) is 15.2 Å². The SMILES string of the molecule is CNCC(=O)c1ccc(Br)s1. The number of halogens is 1. The molecule has 0 unspecified atom stereocenters. The second-order valence-electron chi connectivity index (χ2n) is 2.06. The quantitative estimate of drug-likeness (QED) is 0.809. The highest BCUT2D eigenvalue weighted by Gasteiger charge is 2.05. The average molecular weight is 234 g/mol. The minimum absolute atomic E-state index is 0.142. The van der Waals surface area contributed by atoms with Crippen molar-refractivity contribution < 1.29 is 4.79 Å². The molecule has 0 aliphatic carbocycles. The summed E-state index contributed by atoms with van der Waals surface area (Å²) in [6.45, 7) is 0.410. The van der Waals surface area contributed by atoms with Crippen LogP contribution in [0.3, 0.4) is 0 Å². The minimum atomic E-state index is 0.142. The van der Waals surface area contributed by atoms with E-state index >= 15 is 0 Å². The van der Waals surface area contributed by atoms with Crippen molar-refractivity contribution in [3.63, 3.8) is 0 Å². The van der Waals surface area contributed by atoms with Gasteiger partial charge in [0, 0.05) is 0 Å². The maximum Gasteiger partial charge on any atom is 0.186 e. The van der Waals surface area contributed by atoms with E-state index in [0.717, 1.165) is 8.66 Å². The normalized spacial score (nSPS) is 10.0. The lowest BCUT2D eigenvalue weighted by Gasteiger charge is -1.93. The van der Waals surface area contributed by atoms with Crippen molar-refractivity contribution in [2.75, 3.05) is 13.6 Å². The number of Topliss-reactive ketones (excluding diaryl/α,β-unsaturated/α-hetero) is 1. The Labute approximate surface area is 77.7 Å². The fourth-order valence-electron chi connectivity index (χ4n) is 0.712. The summed E-state index contributed by atoms with van der Waals surface area (Å²) in [6.07, 6.45) is 0. The summed E-state index contributed by atoms with van der Waals surface area (Å²) >= 11 is 4.76. The molecular weight excluding hydrogens is 226 g/mol. The van der Waals surface area contributed by atoms with E-state index in [1.165, 1.54) is 11.3 Å². The van der Waals surface area contributed by atoms with Gasteiger partial charge in [0.1, 0.15) is 0 Å². The molecule has 0 fully saturated rings. The molecule has 0 aliphatic rings. The van der Waals surface area contributed by atoms with Gasteiger partial charge in [-0.2, -0.15) is 0 Å². The molecule has 0 saturated heterocycles. The van der Waals surface area contributed by atoms with Gasteiger partial charge in [-0.25, -0.2) is 0 Å². The number of ketones is 1. The summed E-state index contributed by atoms with van der Waals surface area (Å²) in [4.78, 5) is 12.0. The summed E-state index contributed by atoms with van der Waals surface area (Å²) < 4.78 is 0.997. The first kappa shape index (κ1) is 8.90. The van der Waals surface area contributed by atoms with Crippen molar-refractivity contribution in [3.8, 4) is 0 Å². The van der Waals surface area contributed by atoms with Crippen molar-refractivity contribution in [1.82, 2.24) is 5.32 Å². The van der Waals surface area contributed by atoms with Crippen molar-refractivity contribution in [1.29, 1.82) is 0 Å². The number of likely N-dealkylation sites (N-methyl/N-ethyl adjacent to an activating group) is 1. The van der Waals surface area contributed by atoms with Gasteiger partial charge in [-0.15, -0.1) is 11.3 Å². The van der Waals surface area contributed by atoms with Crippen LogP contribution in [-0.4, -0.2) is 19.4 Å². The number of rotatable bonds is 3. The second kappa shape index (κ2) is 3.99. The standard InChI is InChI=1S/C7H8BrNOS/c1-9-4-5(10)6-2-3-7(8)11-6/h2-3,9H,4H2,1H3. The van der Waals surface area contributed by atoms with E-state index in [-0.39, 0.29) is 5.78 Å². The molecule has 2 nitrogen and oxygen atoms in total. The Morgan fingerprint density at radius 3 is 2.91 bits per heavy atom. The Hall–Kier alpha value is -0.190. The van der Waals surface area contributed by atoms with E-state index in [1.54, 1.807) is 7.05 Å². The highest BCUT2D eigenvalue weighted by molar-refractivity contribution is 9.11. The summed E-state index contributed by atoms with van der Waals surface area (Å²) in [5.41, 5.74) is 0. The zero-order valence-electron chi connectivity index (χ0n) is 6.06. The Bertz CT molecular complexity index is 259. The first-order chi connectivity index (χ1) is 5.24. The molecule has 0 spiro atoms. The molecule has 60 valence electrons. The van der Waals surface area contributed by atoms with Crippen LogP contribution in [0.2, 0.25) is 0 Å². The number of nitrogens with one attached hydrogen (secondary N) is 1. The molecule has 1 aromatic rings. The Kier molecular flexibility index (Phi) is 3.23. The lowest BCUT2D eigenvalue weighted by molar-refractivity contribution is 0.0997. The zero-order valence-corrected chi connectivity index (χ0v) is 8.46. The van der Waals surface area contributed by atoms with Crippen LogP contribution in [0.5, 0.6) is 0 Å². The summed E-state index contributed by atoms with van der Waals surface area (Å²) in [6, 6.07) is 3.71. The monoisotopic (exact) mass is 233 g/mol. The van der Waals surface area contributed by atoms with E-state index in [0.29, 0.717) is 6.54 Å². The molecule has 0 saturated carbocycles. The molecule has 0 amide bonds. The molecule has 1 rings (SSSR count). The van der Waals surface area contributed by atoms with Crippen molar-refractivity contribution >= 4 is 33.0 Å². The summed E-state index contributed by atoms with van der Waals surface area (Å²) in [7, 11) is 1.76. The van der Waals surface area contributed by atoms with Gasteiger partial charge in [-0.3, -0.25) is 4.79 Å². The van der Waals surface area contributed by atoms with Crippen LogP contribution in [0.15, 0.2) is 15.9 Å². The fourth-order valence-corrected chi connectivity index (χ4v) is 2.04. The lowest BCUT2D eigenvalue weighted by atomic mass is 10.3. The number of hydrogen-bond acceptors (Lipinski definition) is 3. The van der Waals surface area contributed by atoms with Crippen molar-refractivity contribution in [3.05, 3.63) is 20.8 Å². The molecule has 11 heavy (non-hydrogen) atoms. The van der Waals surface area contributed by atoms with Crippen LogP contribution in [0.25, 0.3) is 0 Å². The van der Waals surface area contributed by atoms with Crippen LogP contribution in [0.1, 0.15) is 9.67 Å². The largest absolute Gasteiger partial charge is 0.313 e. The van der Waals surface area contributed by atoms with Gasteiger partial charge in [0.2, 0.25) is 0 Å². The topological polar surface area (TPSA) is 29.1 Å². The Morgan fingerprint density at radius 1 is 1.73 bits per heavy atom. The molecule has 0 radical (unpaired) electrons. The van der Waals surface area contributed by atoms with E-state index in [9.17, 15) is 4.79 Å². The number of hydrogen-bond donors (Lipinski definition) is 1. The highest BCUT2D eigenvalue weighted by Crippen LogP contribution is 2.21. The third kappa shape index (κ3) is 2.39. The maximum absolute atomic E-state index is 11.2. The zero-order chi connectivity index (χ0) is 8.27. The molecule has 0 aromatic carbocycles. The first-order valence-electron chi connectivity index (χ1n) is 3.17. The van der Waals surface area contributed by atoms with E-state index in [4.69, 9.17) is 0 Å². The maximum atomic E-state index is 11.2. The second-order valence-corrected chi connectivity index (χ2v) is 4.52. The van der Waals surface area contributed by atoms with E-state index < -0.39 is 0 Å².